The molecule has 0 radical (unpaired) electrons. The van der Waals surface area contributed by atoms with E-state index in [1.807, 2.05) is 6.92 Å². The molecule has 1 aliphatic heterocycles. The van der Waals surface area contributed by atoms with Crippen LogP contribution in [0.25, 0.3) is 0 Å². The molecular formula is C10H19NO4S. The fourth-order valence-electron chi connectivity index (χ4n) is 2.03. The normalized spacial score (nSPS) is 27.1. The van der Waals surface area contributed by atoms with Gasteiger partial charge in [0.15, 0.2) is 0 Å². The molecule has 0 spiro atoms. The minimum atomic E-state index is -3.40. The largest absolute Gasteiger partial charge is 0.480 e. The SMILES string of the molecule is CCCCS(=O)(=O)N1CCC(C)C1C(=O)O. The molecule has 16 heavy (non-hydrogen) atoms. The van der Waals surface area contributed by atoms with Crippen molar-refractivity contribution in [2.75, 3.05) is 12.3 Å². The van der Waals surface area contributed by atoms with Gasteiger partial charge in [-0.1, -0.05) is 20.3 Å². The molecule has 0 aromatic carbocycles. The van der Waals surface area contributed by atoms with Crippen LogP contribution in [0.1, 0.15) is 33.1 Å². The summed E-state index contributed by atoms with van der Waals surface area (Å²) >= 11 is 0. The number of sulfonamides is 1. The lowest BCUT2D eigenvalue weighted by atomic mass is 10.0. The molecule has 2 atom stereocenters. The Labute approximate surface area is 96.5 Å². The zero-order valence-corrected chi connectivity index (χ0v) is 10.5. The van der Waals surface area contributed by atoms with Gasteiger partial charge in [0.2, 0.25) is 10.0 Å². The molecule has 1 rings (SSSR count). The Morgan fingerprint density at radius 3 is 2.62 bits per heavy atom. The van der Waals surface area contributed by atoms with E-state index in [9.17, 15) is 13.2 Å². The van der Waals surface area contributed by atoms with Gasteiger partial charge in [-0.15, -0.1) is 0 Å². The highest BCUT2D eigenvalue weighted by atomic mass is 32.2. The Bertz CT molecular complexity index is 352. The number of hydrogen-bond acceptors (Lipinski definition) is 3. The molecule has 94 valence electrons. The highest BCUT2D eigenvalue weighted by molar-refractivity contribution is 7.89. The van der Waals surface area contributed by atoms with Crippen molar-refractivity contribution in [3.63, 3.8) is 0 Å². The highest BCUT2D eigenvalue weighted by Gasteiger charge is 2.42. The topological polar surface area (TPSA) is 74.7 Å². The third-order valence-electron chi connectivity index (χ3n) is 3.02. The first-order chi connectivity index (χ1) is 7.40. The number of hydrogen-bond donors (Lipinski definition) is 1. The van der Waals surface area contributed by atoms with E-state index in [1.54, 1.807) is 6.92 Å². The standard InChI is InChI=1S/C10H19NO4S/c1-3-4-7-16(14,15)11-6-5-8(2)9(11)10(12)13/h8-9H,3-7H2,1-2H3,(H,12,13). The third-order valence-corrected chi connectivity index (χ3v) is 4.95. The molecule has 1 aliphatic rings. The minimum Gasteiger partial charge on any atom is -0.480 e. The molecule has 6 heteroatoms. The lowest BCUT2D eigenvalue weighted by Crippen LogP contribution is -2.43. The maximum absolute atomic E-state index is 11.9. The quantitative estimate of drug-likeness (QED) is 0.786. The molecule has 1 heterocycles. The summed E-state index contributed by atoms with van der Waals surface area (Å²) in [6.45, 7) is 4.04. The van der Waals surface area contributed by atoms with Crippen LogP contribution < -0.4 is 0 Å². The predicted octanol–water partition coefficient (Wildman–Crippen LogP) is 0.911. The molecule has 1 N–H and O–H groups in total. The van der Waals surface area contributed by atoms with Crippen LogP contribution in [0.15, 0.2) is 0 Å². The smallest absolute Gasteiger partial charge is 0.322 e. The Balaban J connectivity index is 2.83. The Morgan fingerprint density at radius 1 is 1.50 bits per heavy atom. The molecule has 5 nitrogen and oxygen atoms in total. The second kappa shape index (κ2) is 5.14. The average Bonchev–Trinajstić information content (AvgIpc) is 2.58. The van der Waals surface area contributed by atoms with Crippen LogP contribution in [-0.2, 0) is 14.8 Å². The van der Waals surface area contributed by atoms with Crippen molar-refractivity contribution < 1.29 is 18.3 Å². The van der Waals surface area contributed by atoms with Gasteiger partial charge in [0.1, 0.15) is 6.04 Å². The fourth-order valence-corrected chi connectivity index (χ4v) is 3.95. The van der Waals surface area contributed by atoms with Crippen molar-refractivity contribution in [1.82, 2.24) is 4.31 Å². The number of carboxylic acids is 1. The molecule has 0 aromatic heterocycles. The van der Waals surface area contributed by atoms with Gasteiger partial charge >= 0.3 is 5.97 Å². The Kier molecular flexibility index (Phi) is 4.32. The number of rotatable bonds is 5. The van der Waals surface area contributed by atoms with E-state index in [0.717, 1.165) is 10.7 Å². The number of carbonyl (C=O) groups is 1. The summed E-state index contributed by atoms with van der Waals surface area (Å²) in [5.41, 5.74) is 0. The van der Waals surface area contributed by atoms with Gasteiger partial charge < -0.3 is 5.11 Å². The summed E-state index contributed by atoms with van der Waals surface area (Å²) in [4.78, 5) is 11.0. The van der Waals surface area contributed by atoms with E-state index in [2.05, 4.69) is 0 Å². The lowest BCUT2D eigenvalue weighted by molar-refractivity contribution is -0.141. The maximum atomic E-state index is 11.9. The van der Waals surface area contributed by atoms with E-state index in [1.165, 1.54) is 0 Å². The van der Waals surface area contributed by atoms with E-state index in [-0.39, 0.29) is 11.7 Å². The van der Waals surface area contributed by atoms with E-state index >= 15 is 0 Å². The van der Waals surface area contributed by atoms with Crippen LogP contribution in [0.3, 0.4) is 0 Å². The van der Waals surface area contributed by atoms with Crippen molar-refractivity contribution in [2.45, 2.75) is 39.2 Å². The van der Waals surface area contributed by atoms with Crippen molar-refractivity contribution in [3.8, 4) is 0 Å². The average molecular weight is 249 g/mol. The summed E-state index contributed by atoms with van der Waals surface area (Å²) in [7, 11) is -3.40. The second-order valence-corrected chi connectivity index (χ2v) is 6.37. The van der Waals surface area contributed by atoms with Crippen molar-refractivity contribution >= 4 is 16.0 Å². The number of nitrogens with zero attached hydrogens (tertiary/aromatic N) is 1. The molecule has 1 saturated heterocycles. The molecule has 0 bridgehead atoms. The maximum Gasteiger partial charge on any atom is 0.322 e. The van der Waals surface area contributed by atoms with Crippen molar-refractivity contribution in [1.29, 1.82) is 0 Å². The van der Waals surface area contributed by atoms with Gasteiger partial charge in [0, 0.05) is 6.54 Å². The molecule has 0 aromatic rings. The first-order valence-electron chi connectivity index (χ1n) is 5.62. The van der Waals surface area contributed by atoms with Crippen LogP contribution >= 0.6 is 0 Å². The zero-order valence-electron chi connectivity index (χ0n) is 9.72. The Morgan fingerprint density at radius 2 is 2.12 bits per heavy atom. The summed E-state index contributed by atoms with van der Waals surface area (Å²) in [6.07, 6.45) is 2.00. The summed E-state index contributed by atoms with van der Waals surface area (Å²) in [5, 5.41) is 9.04. The summed E-state index contributed by atoms with van der Waals surface area (Å²) in [5.74, 6) is -1.08. The Hall–Kier alpha value is -0.620. The van der Waals surface area contributed by atoms with Gasteiger partial charge in [-0.25, -0.2) is 8.42 Å². The molecule has 0 saturated carbocycles. The van der Waals surface area contributed by atoms with Gasteiger partial charge in [-0.05, 0) is 18.8 Å². The number of unbranched alkanes of at least 4 members (excludes halogenated alkanes) is 1. The van der Waals surface area contributed by atoms with Gasteiger partial charge in [0.05, 0.1) is 5.75 Å². The van der Waals surface area contributed by atoms with Crippen LogP contribution in [0.2, 0.25) is 0 Å². The molecule has 0 amide bonds. The van der Waals surface area contributed by atoms with E-state index in [0.29, 0.717) is 19.4 Å². The van der Waals surface area contributed by atoms with Gasteiger partial charge in [-0.2, -0.15) is 4.31 Å². The molecule has 2 unspecified atom stereocenters. The van der Waals surface area contributed by atoms with Crippen LogP contribution in [0, 0.1) is 5.92 Å². The summed E-state index contributed by atoms with van der Waals surface area (Å²) < 4.78 is 25.0. The summed E-state index contributed by atoms with van der Waals surface area (Å²) in [6, 6.07) is -0.873. The zero-order chi connectivity index (χ0) is 12.3. The van der Waals surface area contributed by atoms with E-state index < -0.39 is 22.0 Å². The predicted molar refractivity (Wildman–Crippen MR) is 60.6 cm³/mol. The second-order valence-electron chi connectivity index (χ2n) is 4.33. The van der Waals surface area contributed by atoms with Gasteiger partial charge in [-0.3, -0.25) is 4.79 Å². The molecule has 0 aliphatic carbocycles. The monoisotopic (exact) mass is 249 g/mol. The number of aliphatic carboxylic acids is 1. The van der Waals surface area contributed by atoms with E-state index in [4.69, 9.17) is 5.11 Å². The van der Waals surface area contributed by atoms with Crippen molar-refractivity contribution in [3.05, 3.63) is 0 Å². The third kappa shape index (κ3) is 2.74. The first kappa shape index (κ1) is 13.4. The highest BCUT2D eigenvalue weighted by Crippen LogP contribution is 2.27. The van der Waals surface area contributed by atoms with Crippen LogP contribution in [0.4, 0.5) is 0 Å². The first-order valence-corrected chi connectivity index (χ1v) is 7.23. The van der Waals surface area contributed by atoms with Crippen LogP contribution in [0.5, 0.6) is 0 Å². The fraction of sp³-hybridized carbons (Fsp3) is 0.900. The number of carboxylic acid groups (broad SMARTS) is 1. The molecular weight excluding hydrogens is 230 g/mol. The van der Waals surface area contributed by atoms with Crippen LogP contribution in [-0.4, -0.2) is 42.1 Å². The lowest BCUT2D eigenvalue weighted by Gasteiger charge is -2.22. The van der Waals surface area contributed by atoms with Crippen molar-refractivity contribution in [2.24, 2.45) is 5.92 Å². The van der Waals surface area contributed by atoms with Gasteiger partial charge in [0.25, 0.3) is 0 Å². The minimum absolute atomic E-state index is 0.0556. The molecule has 1 fully saturated rings.